The molecule has 2 heterocycles. The smallest absolute Gasteiger partial charge is 0.237 e. The molecule has 0 radical (unpaired) electrons. The number of alkyl halides is 1. The minimum atomic E-state index is 0.0196. The molecule has 0 bridgehead atoms. The van der Waals surface area contributed by atoms with E-state index in [0.717, 1.165) is 23.4 Å². The number of halogens is 2. The van der Waals surface area contributed by atoms with Gasteiger partial charge in [-0.05, 0) is 33.6 Å². The van der Waals surface area contributed by atoms with Gasteiger partial charge in [0.15, 0.2) is 0 Å². The SMILES string of the molecule is O=C(CCl)N1CCN(Cc2ccc(Br)s2)C(c2ccccc2)C1. The molecule has 23 heavy (non-hydrogen) atoms. The van der Waals surface area contributed by atoms with Crippen LogP contribution >= 0.6 is 38.9 Å². The van der Waals surface area contributed by atoms with Crippen LogP contribution in [0.4, 0.5) is 0 Å². The van der Waals surface area contributed by atoms with Crippen LogP contribution in [0.2, 0.25) is 0 Å². The summed E-state index contributed by atoms with van der Waals surface area (Å²) in [5.74, 6) is 0.0745. The van der Waals surface area contributed by atoms with Gasteiger partial charge in [-0.3, -0.25) is 9.69 Å². The predicted molar refractivity (Wildman–Crippen MR) is 98.9 cm³/mol. The van der Waals surface area contributed by atoms with Crippen LogP contribution < -0.4 is 0 Å². The predicted octanol–water partition coefficient (Wildman–Crippen LogP) is 4.13. The molecule has 3 rings (SSSR count). The van der Waals surface area contributed by atoms with Gasteiger partial charge < -0.3 is 4.90 Å². The Labute approximate surface area is 154 Å². The monoisotopic (exact) mass is 412 g/mol. The molecule has 0 spiro atoms. The fourth-order valence-electron chi connectivity index (χ4n) is 2.95. The number of rotatable bonds is 4. The van der Waals surface area contributed by atoms with E-state index in [1.165, 1.54) is 10.4 Å². The lowest BCUT2D eigenvalue weighted by Crippen LogP contribution is -2.50. The first-order chi connectivity index (χ1) is 11.2. The lowest BCUT2D eigenvalue weighted by atomic mass is 10.0. The standard InChI is InChI=1S/C17H18BrClN2OS/c18-16-7-6-14(23-16)11-20-8-9-21(17(22)10-19)12-15(20)13-4-2-1-3-5-13/h1-7,15H,8-12H2. The molecule has 1 fully saturated rings. The van der Waals surface area contributed by atoms with Crippen molar-refractivity contribution in [1.82, 2.24) is 9.80 Å². The number of carbonyl (C=O) groups excluding carboxylic acids is 1. The van der Waals surface area contributed by atoms with E-state index < -0.39 is 0 Å². The van der Waals surface area contributed by atoms with Gasteiger partial charge in [0.25, 0.3) is 0 Å². The second-order valence-corrected chi connectivity index (χ2v) is 8.39. The van der Waals surface area contributed by atoms with Crippen LogP contribution in [0.3, 0.4) is 0 Å². The van der Waals surface area contributed by atoms with Crippen molar-refractivity contribution in [3.8, 4) is 0 Å². The fourth-order valence-corrected chi connectivity index (χ4v) is 4.63. The van der Waals surface area contributed by atoms with Crippen LogP contribution in [-0.2, 0) is 11.3 Å². The molecule has 0 N–H and O–H groups in total. The van der Waals surface area contributed by atoms with Crippen molar-refractivity contribution in [3.05, 3.63) is 56.7 Å². The summed E-state index contributed by atoms with van der Waals surface area (Å²) < 4.78 is 1.15. The zero-order chi connectivity index (χ0) is 16.2. The Morgan fingerprint density at radius 1 is 1.22 bits per heavy atom. The third-order valence-corrected chi connectivity index (χ3v) is 5.97. The molecule has 2 aromatic rings. The van der Waals surface area contributed by atoms with Crippen LogP contribution in [0.15, 0.2) is 46.3 Å². The largest absolute Gasteiger partial charge is 0.338 e. The van der Waals surface area contributed by atoms with E-state index in [0.29, 0.717) is 6.54 Å². The van der Waals surface area contributed by atoms with Crippen molar-refractivity contribution in [1.29, 1.82) is 0 Å². The molecule has 1 aliphatic rings. The second kappa shape index (κ2) is 7.79. The summed E-state index contributed by atoms with van der Waals surface area (Å²) in [6.45, 7) is 3.19. The van der Waals surface area contributed by atoms with Gasteiger partial charge in [0.1, 0.15) is 5.88 Å². The Kier molecular flexibility index (Phi) is 5.75. The molecule has 1 saturated heterocycles. The number of carbonyl (C=O) groups is 1. The zero-order valence-electron chi connectivity index (χ0n) is 12.6. The lowest BCUT2D eigenvalue weighted by molar-refractivity contribution is -0.131. The zero-order valence-corrected chi connectivity index (χ0v) is 15.8. The summed E-state index contributed by atoms with van der Waals surface area (Å²) >= 11 is 11.0. The van der Waals surface area contributed by atoms with Gasteiger partial charge in [0.05, 0.1) is 9.83 Å². The highest BCUT2D eigenvalue weighted by molar-refractivity contribution is 9.11. The van der Waals surface area contributed by atoms with Crippen LogP contribution in [0.1, 0.15) is 16.5 Å². The molecule has 1 aromatic carbocycles. The Morgan fingerprint density at radius 2 is 2.00 bits per heavy atom. The first kappa shape index (κ1) is 17.0. The van der Waals surface area contributed by atoms with Gasteiger partial charge in [-0.15, -0.1) is 22.9 Å². The van der Waals surface area contributed by atoms with Crippen molar-refractivity contribution in [2.24, 2.45) is 0 Å². The van der Waals surface area contributed by atoms with Gasteiger partial charge in [0.2, 0.25) is 5.91 Å². The molecule has 0 aliphatic carbocycles. The van der Waals surface area contributed by atoms with Crippen molar-refractivity contribution in [2.75, 3.05) is 25.5 Å². The molecule has 0 saturated carbocycles. The van der Waals surface area contributed by atoms with Crippen molar-refractivity contribution in [2.45, 2.75) is 12.6 Å². The van der Waals surface area contributed by atoms with E-state index in [4.69, 9.17) is 11.6 Å². The van der Waals surface area contributed by atoms with Crippen LogP contribution in [0, 0.1) is 0 Å². The van der Waals surface area contributed by atoms with E-state index in [1.54, 1.807) is 11.3 Å². The van der Waals surface area contributed by atoms with Gasteiger partial charge >= 0.3 is 0 Å². The number of amides is 1. The second-order valence-electron chi connectivity index (χ2n) is 5.58. The molecule has 1 unspecified atom stereocenters. The summed E-state index contributed by atoms with van der Waals surface area (Å²) in [5.41, 5.74) is 1.25. The summed E-state index contributed by atoms with van der Waals surface area (Å²) in [5, 5.41) is 0. The van der Waals surface area contributed by atoms with E-state index in [1.807, 2.05) is 11.0 Å². The van der Waals surface area contributed by atoms with E-state index >= 15 is 0 Å². The minimum Gasteiger partial charge on any atom is -0.338 e. The number of nitrogens with zero attached hydrogens (tertiary/aromatic N) is 2. The third-order valence-electron chi connectivity index (χ3n) is 4.13. The first-order valence-corrected chi connectivity index (χ1v) is 9.68. The highest BCUT2D eigenvalue weighted by atomic mass is 79.9. The summed E-state index contributed by atoms with van der Waals surface area (Å²) in [6, 6.07) is 14.9. The molecule has 1 atom stereocenters. The molecule has 6 heteroatoms. The maximum absolute atomic E-state index is 12.0. The molecular weight excluding hydrogens is 396 g/mol. The molecule has 1 aliphatic heterocycles. The molecule has 3 nitrogen and oxygen atoms in total. The van der Waals surface area contributed by atoms with Crippen LogP contribution in [0.5, 0.6) is 0 Å². The molecule has 1 aromatic heterocycles. The van der Waals surface area contributed by atoms with Gasteiger partial charge in [-0.25, -0.2) is 0 Å². The van der Waals surface area contributed by atoms with Crippen LogP contribution in [0.25, 0.3) is 0 Å². The molecule has 1 amide bonds. The molecular formula is C17H18BrClN2OS. The number of piperazine rings is 1. The Hall–Kier alpha value is -0.880. The topological polar surface area (TPSA) is 23.6 Å². The van der Waals surface area contributed by atoms with Gasteiger partial charge in [-0.1, -0.05) is 30.3 Å². The first-order valence-electron chi connectivity index (χ1n) is 7.54. The van der Waals surface area contributed by atoms with Crippen LogP contribution in [-0.4, -0.2) is 41.2 Å². The lowest BCUT2D eigenvalue weighted by Gasteiger charge is -2.41. The summed E-state index contributed by atoms with van der Waals surface area (Å²) in [6.07, 6.45) is 0. The average Bonchev–Trinajstić information content (AvgIpc) is 3.00. The summed E-state index contributed by atoms with van der Waals surface area (Å²) in [4.78, 5) is 17.6. The van der Waals surface area contributed by atoms with Gasteiger partial charge in [-0.2, -0.15) is 0 Å². The Morgan fingerprint density at radius 3 is 2.65 bits per heavy atom. The normalized spacial score (nSPS) is 19.0. The highest BCUT2D eigenvalue weighted by Gasteiger charge is 2.30. The molecule has 122 valence electrons. The Bertz CT molecular complexity index is 664. The fraction of sp³-hybridized carbons (Fsp3) is 0.353. The summed E-state index contributed by atoms with van der Waals surface area (Å²) in [7, 11) is 0. The number of benzene rings is 1. The number of thiophene rings is 1. The van der Waals surface area contributed by atoms with E-state index in [9.17, 15) is 4.79 Å². The van der Waals surface area contributed by atoms with E-state index in [-0.39, 0.29) is 17.8 Å². The van der Waals surface area contributed by atoms with Crippen molar-refractivity contribution in [3.63, 3.8) is 0 Å². The Balaban J connectivity index is 1.81. The number of hydrogen-bond donors (Lipinski definition) is 0. The highest BCUT2D eigenvalue weighted by Crippen LogP contribution is 2.30. The van der Waals surface area contributed by atoms with Gasteiger partial charge in [0, 0.05) is 31.1 Å². The van der Waals surface area contributed by atoms with E-state index in [2.05, 4.69) is 57.2 Å². The number of hydrogen-bond acceptors (Lipinski definition) is 3. The maximum Gasteiger partial charge on any atom is 0.237 e. The maximum atomic E-state index is 12.0. The average molecular weight is 414 g/mol. The van der Waals surface area contributed by atoms with Crippen molar-refractivity contribution >= 4 is 44.8 Å². The quantitative estimate of drug-likeness (QED) is 0.704. The van der Waals surface area contributed by atoms with Crippen molar-refractivity contribution < 1.29 is 4.79 Å². The third kappa shape index (κ3) is 4.15. The minimum absolute atomic E-state index is 0.0196.